The molecule has 0 bridgehead atoms. The second kappa shape index (κ2) is 8.21. The number of fused-ring (bicyclic) bond motifs is 1. The number of aryl methyl sites for hydroxylation is 1. The first-order chi connectivity index (χ1) is 14.9. The maximum absolute atomic E-state index is 13.7. The van der Waals surface area contributed by atoms with Crippen molar-refractivity contribution in [1.29, 1.82) is 0 Å². The molecule has 3 aromatic carbocycles. The lowest BCUT2D eigenvalue weighted by Crippen LogP contribution is -2.32. The lowest BCUT2D eigenvalue weighted by molar-refractivity contribution is -0.0487. The monoisotopic (exact) mass is 422 g/mol. The van der Waals surface area contributed by atoms with Crippen LogP contribution in [0.4, 0.5) is 8.78 Å². The number of aliphatic hydroxyl groups excluding tert-OH is 1. The van der Waals surface area contributed by atoms with Gasteiger partial charge in [0.15, 0.2) is 11.4 Å². The van der Waals surface area contributed by atoms with Gasteiger partial charge in [0.05, 0.1) is 11.0 Å². The van der Waals surface area contributed by atoms with Crippen molar-refractivity contribution in [2.24, 2.45) is 0 Å². The van der Waals surface area contributed by atoms with Gasteiger partial charge >= 0.3 is 0 Å². The van der Waals surface area contributed by atoms with Crippen LogP contribution in [0.2, 0.25) is 0 Å². The Kier molecular flexibility index (Phi) is 5.60. The molecule has 6 heteroatoms. The lowest BCUT2D eigenvalue weighted by atomic mass is 9.85. The number of aromatic nitrogens is 2. The Morgan fingerprint density at radius 2 is 1.48 bits per heavy atom. The summed E-state index contributed by atoms with van der Waals surface area (Å²) < 4.78 is 29.3. The molecule has 0 aliphatic rings. The molecule has 0 radical (unpaired) electrons. The molecule has 0 unspecified atom stereocenters. The SMILES string of the molecule is CCn1c(C(O)(c2ccccc2)c2ccccc2)nc2ccc(CC(F)(F)CO)cc21. The average Bonchev–Trinajstić information content (AvgIpc) is 3.17. The minimum atomic E-state index is -3.19. The van der Waals surface area contributed by atoms with Crippen LogP contribution in [0, 0.1) is 0 Å². The number of benzene rings is 3. The third-order valence-corrected chi connectivity index (χ3v) is 5.53. The summed E-state index contributed by atoms with van der Waals surface area (Å²) in [5.74, 6) is -2.77. The van der Waals surface area contributed by atoms with Crippen LogP contribution >= 0.6 is 0 Å². The van der Waals surface area contributed by atoms with Crippen molar-refractivity contribution >= 4 is 11.0 Å². The standard InChI is InChI=1S/C25H24F2N2O2/c1-2-29-22-15-18(16-24(26,27)17-30)13-14-21(22)28-23(29)25(31,19-9-5-3-6-10-19)20-11-7-4-8-12-20/h3-15,30-31H,2,16-17H2,1H3. The average molecular weight is 422 g/mol. The molecular weight excluding hydrogens is 398 g/mol. The summed E-state index contributed by atoms with van der Waals surface area (Å²) in [6.45, 7) is 1.22. The highest BCUT2D eigenvalue weighted by Gasteiger charge is 2.39. The lowest BCUT2D eigenvalue weighted by Gasteiger charge is -2.29. The molecule has 4 rings (SSSR count). The number of hydrogen-bond donors (Lipinski definition) is 2. The Labute approximate surface area is 179 Å². The minimum Gasteiger partial charge on any atom is -0.390 e. The van der Waals surface area contributed by atoms with Crippen LogP contribution in [0.5, 0.6) is 0 Å². The van der Waals surface area contributed by atoms with Crippen LogP contribution in [0.3, 0.4) is 0 Å². The van der Waals surface area contributed by atoms with E-state index in [0.717, 1.165) is 0 Å². The van der Waals surface area contributed by atoms with Crippen LogP contribution in [-0.2, 0) is 18.6 Å². The van der Waals surface area contributed by atoms with Crippen LogP contribution in [-0.4, -0.2) is 32.3 Å². The van der Waals surface area contributed by atoms with Gasteiger partial charge in [0.2, 0.25) is 0 Å². The topological polar surface area (TPSA) is 58.3 Å². The Hall–Kier alpha value is -3.09. The number of halogens is 2. The maximum Gasteiger partial charge on any atom is 0.274 e. The van der Waals surface area contributed by atoms with Crippen molar-refractivity contribution in [1.82, 2.24) is 9.55 Å². The van der Waals surface area contributed by atoms with E-state index in [2.05, 4.69) is 0 Å². The predicted molar refractivity (Wildman–Crippen MR) is 116 cm³/mol. The summed E-state index contributed by atoms with van der Waals surface area (Å²) in [4.78, 5) is 4.74. The Morgan fingerprint density at radius 3 is 2.00 bits per heavy atom. The summed E-state index contributed by atoms with van der Waals surface area (Å²) in [5, 5.41) is 21.0. The normalized spacial score (nSPS) is 12.4. The molecule has 0 saturated heterocycles. The summed E-state index contributed by atoms with van der Waals surface area (Å²) in [6.07, 6.45) is -0.564. The van der Waals surface area contributed by atoms with Crippen LogP contribution < -0.4 is 0 Å². The van der Waals surface area contributed by atoms with E-state index in [1.807, 2.05) is 72.2 Å². The smallest absolute Gasteiger partial charge is 0.274 e. The van der Waals surface area contributed by atoms with Crippen molar-refractivity contribution in [2.75, 3.05) is 6.61 Å². The number of nitrogens with zero attached hydrogens (tertiary/aromatic N) is 2. The van der Waals surface area contributed by atoms with E-state index >= 15 is 0 Å². The number of rotatable bonds is 7. The Morgan fingerprint density at radius 1 is 0.903 bits per heavy atom. The van der Waals surface area contributed by atoms with Gasteiger partial charge in [-0.15, -0.1) is 0 Å². The number of alkyl halides is 2. The molecule has 31 heavy (non-hydrogen) atoms. The fraction of sp³-hybridized carbons (Fsp3) is 0.240. The third-order valence-electron chi connectivity index (χ3n) is 5.53. The van der Waals surface area contributed by atoms with Gasteiger partial charge < -0.3 is 14.8 Å². The predicted octanol–water partition coefficient (Wildman–Crippen LogP) is 4.51. The van der Waals surface area contributed by atoms with Crippen molar-refractivity contribution < 1.29 is 19.0 Å². The van der Waals surface area contributed by atoms with E-state index in [0.29, 0.717) is 40.1 Å². The molecule has 2 N–H and O–H groups in total. The quantitative estimate of drug-likeness (QED) is 0.461. The van der Waals surface area contributed by atoms with E-state index in [1.54, 1.807) is 18.2 Å². The van der Waals surface area contributed by atoms with Crippen molar-refractivity contribution in [3.8, 4) is 0 Å². The molecule has 0 amide bonds. The highest BCUT2D eigenvalue weighted by molar-refractivity contribution is 5.77. The molecule has 0 atom stereocenters. The summed E-state index contributed by atoms with van der Waals surface area (Å²) in [5.41, 5.74) is 1.48. The van der Waals surface area contributed by atoms with Crippen LogP contribution in [0.1, 0.15) is 29.4 Å². The van der Waals surface area contributed by atoms with E-state index in [9.17, 15) is 13.9 Å². The van der Waals surface area contributed by atoms with Gasteiger partial charge in [-0.1, -0.05) is 66.7 Å². The fourth-order valence-electron chi connectivity index (χ4n) is 4.01. The fourth-order valence-corrected chi connectivity index (χ4v) is 4.01. The van der Waals surface area contributed by atoms with Gasteiger partial charge in [0, 0.05) is 13.0 Å². The molecule has 1 aromatic heterocycles. The Bertz CT molecular complexity index is 1130. The number of aliphatic hydroxyl groups is 2. The molecule has 0 spiro atoms. The summed E-state index contributed by atoms with van der Waals surface area (Å²) >= 11 is 0. The summed E-state index contributed by atoms with van der Waals surface area (Å²) in [6, 6.07) is 23.5. The molecule has 0 fully saturated rings. The van der Waals surface area contributed by atoms with Crippen LogP contribution in [0.25, 0.3) is 11.0 Å². The highest BCUT2D eigenvalue weighted by atomic mass is 19.3. The molecule has 0 aliphatic heterocycles. The second-order valence-electron chi connectivity index (χ2n) is 7.64. The zero-order chi connectivity index (χ0) is 22.1. The van der Waals surface area contributed by atoms with E-state index < -0.39 is 24.6 Å². The van der Waals surface area contributed by atoms with Crippen molar-refractivity contribution in [3.63, 3.8) is 0 Å². The van der Waals surface area contributed by atoms with Gasteiger partial charge in [-0.3, -0.25) is 0 Å². The van der Waals surface area contributed by atoms with Gasteiger partial charge in [-0.25, -0.2) is 13.8 Å². The van der Waals surface area contributed by atoms with Crippen molar-refractivity contribution in [2.45, 2.75) is 31.4 Å². The van der Waals surface area contributed by atoms with Crippen LogP contribution in [0.15, 0.2) is 78.9 Å². The van der Waals surface area contributed by atoms with Crippen molar-refractivity contribution in [3.05, 3.63) is 101 Å². The van der Waals surface area contributed by atoms with Gasteiger partial charge in [-0.2, -0.15) is 0 Å². The van der Waals surface area contributed by atoms with E-state index in [-0.39, 0.29) is 0 Å². The molecule has 4 nitrogen and oxygen atoms in total. The largest absolute Gasteiger partial charge is 0.390 e. The molecule has 160 valence electrons. The van der Waals surface area contributed by atoms with E-state index in [1.165, 1.54) is 0 Å². The first kappa shape index (κ1) is 21.2. The van der Waals surface area contributed by atoms with Gasteiger partial charge in [0.25, 0.3) is 5.92 Å². The Balaban J connectivity index is 1.94. The zero-order valence-corrected chi connectivity index (χ0v) is 17.2. The number of imidazole rings is 1. The maximum atomic E-state index is 13.7. The zero-order valence-electron chi connectivity index (χ0n) is 17.2. The summed E-state index contributed by atoms with van der Waals surface area (Å²) in [7, 11) is 0. The molecule has 1 heterocycles. The molecule has 0 aliphatic carbocycles. The molecular formula is C25H24F2N2O2. The van der Waals surface area contributed by atoms with Gasteiger partial charge in [0.1, 0.15) is 6.61 Å². The number of hydrogen-bond acceptors (Lipinski definition) is 3. The second-order valence-corrected chi connectivity index (χ2v) is 7.64. The minimum absolute atomic E-state index is 0.399. The molecule has 0 saturated carbocycles. The third kappa shape index (κ3) is 3.84. The first-order valence-electron chi connectivity index (χ1n) is 10.2. The van der Waals surface area contributed by atoms with E-state index in [4.69, 9.17) is 10.1 Å². The highest BCUT2D eigenvalue weighted by Crippen LogP contribution is 2.38. The van der Waals surface area contributed by atoms with Gasteiger partial charge in [-0.05, 0) is 35.7 Å². The first-order valence-corrected chi connectivity index (χ1v) is 10.2. The molecule has 4 aromatic rings.